The van der Waals surface area contributed by atoms with Crippen molar-refractivity contribution < 1.29 is 22.6 Å². The topological polar surface area (TPSA) is 68.9 Å². The molecule has 3 N–H and O–H groups in total. The molecule has 27 heavy (non-hydrogen) atoms. The number of aliphatic imine (C=N–C) groups is 1. The van der Waals surface area contributed by atoms with Crippen molar-refractivity contribution in [1.82, 2.24) is 0 Å². The van der Waals surface area contributed by atoms with Crippen molar-refractivity contribution in [2.45, 2.75) is 12.6 Å². The minimum absolute atomic E-state index is 0. The molecule has 0 saturated carbocycles. The molecule has 2 rings (SSSR count). The lowest BCUT2D eigenvalue weighted by Gasteiger charge is -2.11. The number of halogens is 4. The van der Waals surface area contributed by atoms with Crippen molar-refractivity contribution in [3.8, 4) is 11.5 Å². The molecule has 0 saturated heterocycles. The first kappa shape index (κ1) is 22.9. The number of rotatable bonds is 6. The van der Waals surface area contributed by atoms with Gasteiger partial charge in [0.2, 0.25) is 0 Å². The zero-order chi connectivity index (χ0) is 19.2. The highest BCUT2D eigenvalue weighted by Gasteiger charge is 2.29. The molecule has 2 aromatic rings. The molecule has 0 aromatic heterocycles. The molecule has 0 fully saturated rings. The summed E-state index contributed by atoms with van der Waals surface area (Å²) in [5, 5.41) is 2.93. The number of nitrogens with one attached hydrogen (secondary N) is 1. The van der Waals surface area contributed by atoms with Crippen molar-refractivity contribution >= 4 is 35.6 Å². The minimum atomic E-state index is -4.33. The van der Waals surface area contributed by atoms with Gasteiger partial charge in [-0.15, -0.1) is 24.0 Å². The smallest absolute Gasteiger partial charge is 0.416 e. The van der Waals surface area contributed by atoms with Crippen molar-refractivity contribution in [2.75, 3.05) is 26.1 Å². The highest BCUT2D eigenvalue weighted by molar-refractivity contribution is 14.0. The molecular formula is C18H21F3IN3O2. The van der Waals surface area contributed by atoms with E-state index in [1.54, 1.807) is 25.3 Å². The Balaban J connectivity index is 0.00000364. The Morgan fingerprint density at radius 1 is 1.04 bits per heavy atom. The zero-order valence-corrected chi connectivity index (χ0v) is 17.2. The number of hydrogen-bond donors (Lipinski definition) is 2. The summed E-state index contributed by atoms with van der Waals surface area (Å²) in [6.45, 7) is 0.345. The monoisotopic (exact) mass is 495 g/mol. The van der Waals surface area contributed by atoms with Crippen LogP contribution in [0.3, 0.4) is 0 Å². The molecule has 0 atom stereocenters. The van der Waals surface area contributed by atoms with Crippen LogP contribution >= 0.6 is 24.0 Å². The van der Waals surface area contributed by atoms with Gasteiger partial charge in [0.15, 0.2) is 17.5 Å². The van der Waals surface area contributed by atoms with E-state index in [2.05, 4.69) is 10.3 Å². The highest BCUT2D eigenvalue weighted by atomic mass is 127. The Morgan fingerprint density at radius 3 is 2.22 bits per heavy atom. The lowest BCUT2D eigenvalue weighted by Crippen LogP contribution is -2.23. The zero-order valence-electron chi connectivity index (χ0n) is 14.8. The molecule has 0 bridgehead atoms. The number of benzene rings is 2. The van der Waals surface area contributed by atoms with Gasteiger partial charge in [-0.25, -0.2) is 0 Å². The molecule has 0 aliphatic rings. The van der Waals surface area contributed by atoms with Gasteiger partial charge in [0.25, 0.3) is 0 Å². The quantitative estimate of drug-likeness (QED) is 0.356. The van der Waals surface area contributed by atoms with Gasteiger partial charge in [0.05, 0.1) is 19.8 Å². The molecule has 0 unspecified atom stereocenters. The number of nitrogens with zero attached hydrogens (tertiary/aromatic N) is 1. The molecule has 0 spiro atoms. The van der Waals surface area contributed by atoms with Crippen LogP contribution in [-0.2, 0) is 12.6 Å². The standard InChI is InChI=1S/C18H20F3N3O2.HI/c1-25-15-8-7-14(11-16(15)26-2)24-17(22)23-10-9-12-3-5-13(6-4-12)18(19,20)21;/h3-8,11H,9-10H2,1-2H3,(H3,22,23,24);1H. The predicted octanol–water partition coefficient (Wildman–Crippen LogP) is 4.31. The summed E-state index contributed by atoms with van der Waals surface area (Å²) in [6.07, 6.45) is -3.85. The Kier molecular flexibility index (Phi) is 8.67. The van der Waals surface area contributed by atoms with Gasteiger partial charge >= 0.3 is 6.18 Å². The number of nitrogens with two attached hydrogens (primary N) is 1. The Labute approximate surface area is 172 Å². The van der Waals surface area contributed by atoms with Gasteiger partial charge in [-0.1, -0.05) is 12.1 Å². The van der Waals surface area contributed by atoms with E-state index in [1.165, 1.54) is 19.2 Å². The fraction of sp³-hybridized carbons (Fsp3) is 0.278. The fourth-order valence-corrected chi connectivity index (χ4v) is 2.27. The van der Waals surface area contributed by atoms with Crippen LogP contribution in [0.1, 0.15) is 11.1 Å². The van der Waals surface area contributed by atoms with Crippen LogP contribution < -0.4 is 20.5 Å². The average Bonchev–Trinajstić information content (AvgIpc) is 2.61. The molecule has 148 valence electrons. The molecule has 0 amide bonds. The molecule has 0 aliphatic heterocycles. The first-order chi connectivity index (χ1) is 12.3. The largest absolute Gasteiger partial charge is 0.493 e. The third kappa shape index (κ3) is 6.81. The Hall–Kier alpha value is -2.17. The van der Waals surface area contributed by atoms with E-state index >= 15 is 0 Å². The Morgan fingerprint density at radius 2 is 1.67 bits per heavy atom. The van der Waals surface area contributed by atoms with Crippen molar-refractivity contribution in [3.63, 3.8) is 0 Å². The Bertz CT molecular complexity index is 765. The summed E-state index contributed by atoms with van der Waals surface area (Å²) in [5.41, 5.74) is 6.59. The highest BCUT2D eigenvalue weighted by Crippen LogP contribution is 2.30. The van der Waals surface area contributed by atoms with Crippen molar-refractivity contribution in [1.29, 1.82) is 0 Å². The molecule has 0 aliphatic carbocycles. The number of guanidine groups is 1. The molecule has 9 heteroatoms. The van der Waals surface area contributed by atoms with E-state index in [9.17, 15) is 13.2 Å². The fourth-order valence-electron chi connectivity index (χ4n) is 2.27. The number of alkyl halides is 3. The second kappa shape index (κ2) is 10.2. The van der Waals surface area contributed by atoms with E-state index in [4.69, 9.17) is 15.2 Å². The second-order valence-electron chi connectivity index (χ2n) is 5.41. The lowest BCUT2D eigenvalue weighted by atomic mass is 10.1. The number of ether oxygens (including phenoxy) is 2. The van der Waals surface area contributed by atoms with Gasteiger partial charge in [-0.3, -0.25) is 4.99 Å². The lowest BCUT2D eigenvalue weighted by molar-refractivity contribution is -0.137. The molecular weight excluding hydrogens is 474 g/mol. The summed E-state index contributed by atoms with van der Waals surface area (Å²) in [7, 11) is 3.07. The SMILES string of the molecule is COc1ccc(NC(N)=NCCc2ccc(C(F)(F)F)cc2)cc1OC.I. The predicted molar refractivity (Wildman–Crippen MR) is 110 cm³/mol. The third-order valence-electron chi connectivity index (χ3n) is 3.62. The summed E-state index contributed by atoms with van der Waals surface area (Å²) in [4.78, 5) is 4.17. The van der Waals surface area contributed by atoms with Crippen LogP contribution in [0.2, 0.25) is 0 Å². The van der Waals surface area contributed by atoms with E-state index in [0.29, 0.717) is 30.2 Å². The summed E-state index contributed by atoms with van der Waals surface area (Å²) >= 11 is 0. The van der Waals surface area contributed by atoms with Gasteiger partial charge in [-0.05, 0) is 36.2 Å². The van der Waals surface area contributed by atoms with E-state index in [1.807, 2.05) is 0 Å². The van der Waals surface area contributed by atoms with Gasteiger partial charge in [0.1, 0.15) is 0 Å². The normalized spacial score (nSPS) is 11.5. The van der Waals surface area contributed by atoms with Crippen LogP contribution in [0.15, 0.2) is 47.5 Å². The molecule has 5 nitrogen and oxygen atoms in total. The number of methoxy groups -OCH3 is 2. The van der Waals surface area contributed by atoms with Gasteiger partial charge in [-0.2, -0.15) is 13.2 Å². The minimum Gasteiger partial charge on any atom is -0.493 e. The maximum Gasteiger partial charge on any atom is 0.416 e. The summed E-state index contributed by atoms with van der Waals surface area (Å²) in [5.74, 6) is 1.34. The van der Waals surface area contributed by atoms with Gasteiger partial charge < -0.3 is 20.5 Å². The van der Waals surface area contributed by atoms with E-state index in [0.717, 1.165) is 17.7 Å². The van der Waals surface area contributed by atoms with Crippen LogP contribution in [-0.4, -0.2) is 26.7 Å². The van der Waals surface area contributed by atoms with E-state index in [-0.39, 0.29) is 29.9 Å². The maximum absolute atomic E-state index is 12.5. The van der Waals surface area contributed by atoms with Crippen molar-refractivity contribution in [3.05, 3.63) is 53.6 Å². The molecule has 2 aromatic carbocycles. The van der Waals surface area contributed by atoms with Gasteiger partial charge in [0, 0.05) is 18.3 Å². The number of hydrogen-bond acceptors (Lipinski definition) is 3. The summed E-state index contributed by atoms with van der Waals surface area (Å²) < 4.78 is 47.9. The third-order valence-corrected chi connectivity index (χ3v) is 3.62. The first-order valence-corrected chi connectivity index (χ1v) is 7.78. The molecule has 0 radical (unpaired) electrons. The average molecular weight is 495 g/mol. The summed E-state index contributed by atoms with van der Waals surface area (Å²) in [6, 6.07) is 10.2. The second-order valence-corrected chi connectivity index (χ2v) is 5.41. The van der Waals surface area contributed by atoms with E-state index < -0.39 is 11.7 Å². The van der Waals surface area contributed by atoms with Crippen LogP contribution in [0.5, 0.6) is 11.5 Å². The first-order valence-electron chi connectivity index (χ1n) is 7.78. The van der Waals surface area contributed by atoms with Crippen molar-refractivity contribution in [2.24, 2.45) is 10.7 Å². The van der Waals surface area contributed by atoms with Crippen LogP contribution in [0, 0.1) is 0 Å². The maximum atomic E-state index is 12.5. The van der Waals surface area contributed by atoms with Crippen LogP contribution in [0.25, 0.3) is 0 Å². The number of anilines is 1. The molecule has 0 heterocycles. The van der Waals surface area contributed by atoms with Crippen LogP contribution in [0.4, 0.5) is 18.9 Å².